The van der Waals surface area contributed by atoms with Gasteiger partial charge in [-0.25, -0.2) is 0 Å². The monoisotopic (exact) mass is 469 g/mol. The molecule has 10 nitrogen and oxygen atoms in total. The summed E-state index contributed by atoms with van der Waals surface area (Å²) in [6.07, 6.45) is 1.31. The predicted octanol–water partition coefficient (Wildman–Crippen LogP) is -0.542. The zero-order valence-electron chi connectivity index (χ0n) is 16.9. The summed E-state index contributed by atoms with van der Waals surface area (Å²) in [6.45, 7) is -0.429. The van der Waals surface area contributed by atoms with Gasteiger partial charge in [0, 0.05) is 12.7 Å². The molecule has 0 aliphatic heterocycles. The van der Waals surface area contributed by atoms with Crippen molar-refractivity contribution in [2.75, 3.05) is 45.3 Å². The fraction of sp³-hybridized carbons (Fsp3) is 0.667. The molecule has 0 heterocycles. The number of hydrogen-bond acceptors (Lipinski definition) is 8. The molecule has 0 bridgehead atoms. The second kappa shape index (κ2) is 13.8. The molecule has 0 atom stereocenters. The number of ether oxygens (including phenoxy) is 1. The van der Waals surface area contributed by atoms with E-state index in [1.807, 2.05) is 18.2 Å². The topological polar surface area (TPSA) is 180 Å². The summed E-state index contributed by atoms with van der Waals surface area (Å²) in [5.41, 5.74) is 1.45. The highest BCUT2D eigenvalue weighted by molar-refractivity contribution is 7.51. The lowest BCUT2D eigenvalue weighted by molar-refractivity contribution is 0.0333. The van der Waals surface area contributed by atoms with Crippen molar-refractivity contribution in [3.8, 4) is 0 Å². The van der Waals surface area contributed by atoms with Crippen molar-refractivity contribution in [2.24, 2.45) is 0 Å². The van der Waals surface area contributed by atoms with Crippen molar-refractivity contribution in [2.45, 2.75) is 31.4 Å². The molecule has 0 spiro atoms. The van der Waals surface area contributed by atoms with E-state index in [4.69, 9.17) is 24.3 Å². The second-order valence-electron chi connectivity index (χ2n) is 7.23. The predicted molar refractivity (Wildman–Crippen MR) is 113 cm³/mol. The molecule has 1 aromatic rings. The van der Waals surface area contributed by atoms with Crippen LogP contribution in [-0.2, 0) is 28.8 Å². The molecular weight excluding hydrogens is 436 g/mol. The molecule has 30 heavy (non-hydrogen) atoms. The number of hydrogen-bond donors (Lipinski definition) is 8. The summed E-state index contributed by atoms with van der Waals surface area (Å²) < 4.78 is 16.7. The molecule has 0 aliphatic carbocycles. The first-order valence-corrected chi connectivity index (χ1v) is 12.8. The lowest BCUT2D eigenvalue weighted by Gasteiger charge is -2.28. The van der Waals surface area contributed by atoms with Crippen molar-refractivity contribution in [3.05, 3.63) is 34.9 Å². The largest absolute Gasteiger partial charge is 0.394 e. The summed E-state index contributed by atoms with van der Waals surface area (Å²) in [5, 5.41) is 30.7. The number of nitrogens with one attached hydrogen (secondary N) is 1. The zero-order valence-corrected chi connectivity index (χ0v) is 18.6. The standard InChI is InChI=1S/C18H33NO9P2/c20-12-18(13-21,14-22)19-4-5-28-11-17-9-15(2-1-7-30(25,26)27)8-16(10-17)3-6-29(23)24/h8-10,19-24H,1-7,11-14H2,(H2,25,26,27). The van der Waals surface area contributed by atoms with Crippen LogP contribution in [0.4, 0.5) is 0 Å². The maximum atomic E-state index is 11.0. The molecule has 12 heteroatoms. The van der Waals surface area contributed by atoms with E-state index in [-0.39, 0.29) is 25.5 Å². The Morgan fingerprint density at radius 2 is 1.53 bits per heavy atom. The number of aryl methyl sites for hydroxylation is 2. The van der Waals surface area contributed by atoms with Gasteiger partial charge in [-0.1, -0.05) is 18.2 Å². The summed E-state index contributed by atoms with van der Waals surface area (Å²) in [7, 11) is -6.05. The van der Waals surface area contributed by atoms with Crippen LogP contribution in [0.25, 0.3) is 0 Å². The molecule has 0 aliphatic rings. The van der Waals surface area contributed by atoms with E-state index in [2.05, 4.69) is 5.32 Å². The van der Waals surface area contributed by atoms with Gasteiger partial charge >= 0.3 is 7.60 Å². The van der Waals surface area contributed by atoms with Gasteiger partial charge in [0.2, 0.25) is 0 Å². The van der Waals surface area contributed by atoms with Crippen LogP contribution in [0.3, 0.4) is 0 Å². The first-order valence-electron chi connectivity index (χ1n) is 9.60. The Morgan fingerprint density at radius 1 is 0.967 bits per heavy atom. The van der Waals surface area contributed by atoms with Crippen LogP contribution in [0.2, 0.25) is 0 Å². The van der Waals surface area contributed by atoms with Crippen LogP contribution >= 0.6 is 16.0 Å². The van der Waals surface area contributed by atoms with Gasteiger partial charge in [0.15, 0.2) is 8.38 Å². The van der Waals surface area contributed by atoms with Gasteiger partial charge in [-0.2, -0.15) is 0 Å². The Hall–Kier alpha value is -0.480. The van der Waals surface area contributed by atoms with Crippen LogP contribution in [0, 0.1) is 0 Å². The van der Waals surface area contributed by atoms with E-state index >= 15 is 0 Å². The van der Waals surface area contributed by atoms with E-state index in [0.29, 0.717) is 25.8 Å². The smallest absolute Gasteiger partial charge is 0.325 e. The molecule has 0 amide bonds. The molecule has 0 saturated carbocycles. The van der Waals surface area contributed by atoms with Crippen molar-refractivity contribution >= 4 is 16.0 Å². The van der Waals surface area contributed by atoms with E-state index < -0.39 is 41.3 Å². The van der Waals surface area contributed by atoms with E-state index in [9.17, 15) is 19.9 Å². The van der Waals surface area contributed by atoms with Crippen molar-refractivity contribution in [1.29, 1.82) is 0 Å². The van der Waals surface area contributed by atoms with Gasteiger partial charge in [-0.05, 0) is 36.0 Å². The van der Waals surface area contributed by atoms with Gasteiger partial charge in [0.25, 0.3) is 0 Å². The number of benzene rings is 1. The average molecular weight is 469 g/mol. The average Bonchev–Trinajstić information content (AvgIpc) is 2.68. The van der Waals surface area contributed by atoms with E-state index in [0.717, 1.165) is 16.7 Å². The Kier molecular flexibility index (Phi) is 12.7. The minimum atomic E-state index is -4.05. The van der Waals surface area contributed by atoms with E-state index in [1.165, 1.54) is 0 Å². The molecular formula is C18H33NO9P2. The maximum absolute atomic E-state index is 11.0. The Balaban J connectivity index is 2.66. The number of aliphatic hydroxyl groups is 3. The third-order valence-electron chi connectivity index (χ3n) is 4.55. The third kappa shape index (κ3) is 11.2. The van der Waals surface area contributed by atoms with Gasteiger partial charge in [0.1, 0.15) is 0 Å². The van der Waals surface area contributed by atoms with Gasteiger partial charge in [-0.15, -0.1) is 0 Å². The van der Waals surface area contributed by atoms with Crippen LogP contribution in [0.5, 0.6) is 0 Å². The highest BCUT2D eigenvalue weighted by atomic mass is 31.2. The molecule has 0 radical (unpaired) electrons. The summed E-state index contributed by atoms with van der Waals surface area (Å²) in [5.74, 6) is 0. The number of aliphatic hydroxyl groups excluding tert-OH is 3. The summed E-state index contributed by atoms with van der Waals surface area (Å²) >= 11 is 0. The third-order valence-corrected chi connectivity index (χ3v) is 6.07. The Labute approximate surface area is 177 Å². The minimum Gasteiger partial charge on any atom is -0.394 e. The molecule has 174 valence electrons. The second-order valence-corrected chi connectivity index (χ2v) is 10.2. The zero-order chi connectivity index (χ0) is 22.6. The summed E-state index contributed by atoms with van der Waals surface area (Å²) in [4.78, 5) is 36.3. The molecule has 0 fully saturated rings. The quantitative estimate of drug-likeness (QED) is 0.116. The van der Waals surface area contributed by atoms with Gasteiger partial charge in [0.05, 0.1) is 44.7 Å². The lowest BCUT2D eigenvalue weighted by atomic mass is 10.0. The van der Waals surface area contributed by atoms with Crippen LogP contribution in [-0.4, -0.2) is 85.7 Å². The maximum Gasteiger partial charge on any atom is 0.325 e. The Morgan fingerprint density at radius 3 is 2.07 bits per heavy atom. The van der Waals surface area contributed by atoms with Gasteiger partial charge in [-0.3, -0.25) is 4.57 Å². The minimum absolute atomic E-state index is 0.199. The van der Waals surface area contributed by atoms with Crippen molar-refractivity contribution in [3.63, 3.8) is 0 Å². The van der Waals surface area contributed by atoms with Crippen molar-refractivity contribution < 1.29 is 44.2 Å². The van der Waals surface area contributed by atoms with Crippen LogP contribution in [0.1, 0.15) is 23.1 Å². The highest BCUT2D eigenvalue weighted by Crippen LogP contribution is 2.35. The molecule has 0 aromatic heterocycles. The Bertz CT molecular complexity index is 657. The first-order chi connectivity index (χ1) is 14.1. The van der Waals surface area contributed by atoms with Crippen molar-refractivity contribution in [1.82, 2.24) is 5.32 Å². The van der Waals surface area contributed by atoms with Gasteiger partial charge < -0.3 is 44.9 Å². The van der Waals surface area contributed by atoms with Crippen LogP contribution < -0.4 is 5.32 Å². The molecule has 0 unspecified atom stereocenters. The van der Waals surface area contributed by atoms with E-state index in [1.54, 1.807) is 0 Å². The molecule has 1 rings (SSSR count). The molecule has 0 saturated heterocycles. The SMILES string of the molecule is O=P(O)(O)CCCc1cc(CCP(O)O)cc(COCCNC(CO)(CO)CO)c1. The molecule has 1 aromatic carbocycles. The summed E-state index contributed by atoms with van der Waals surface area (Å²) in [6, 6.07) is 5.66. The fourth-order valence-electron chi connectivity index (χ4n) is 2.83. The normalized spacial score (nSPS) is 12.7. The lowest BCUT2D eigenvalue weighted by Crippen LogP contribution is -2.55. The van der Waals surface area contributed by atoms with Crippen LogP contribution in [0.15, 0.2) is 18.2 Å². The number of rotatable bonds is 16. The highest BCUT2D eigenvalue weighted by Gasteiger charge is 2.26. The molecule has 8 N–H and O–H groups in total. The first kappa shape index (κ1) is 27.6. The fourth-order valence-corrected chi connectivity index (χ4v) is 3.85.